The summed E-state index contributed by atoms with van der Waals surface area (Å²) in [6.07, 6.45) is 1.61. The molecule has 5 heteroatoms. The summed E-state index contributed by atoms with van der Waals surface area (Å²) in [6, 6.07) is 7.24. The summed E-state index contributed by atoms with van der Waals surface area (Å²) in [6.45, 7) is 4.52. The van der Waals surface area contributed by atoms with Gasteiger partial charge in [-0.3, -0.25) is 0 Å². The van der Waals surface area contributed by atoms with E-state index >= 15 is 0 Å². The first-order valence-corrected chi connectivity index (χ1v) is 7.47. The molecule has 1 fully saturated rings. The molecule has 3 atom stereocenters. The van der Waals surface area contributed by atoms with Gasteiger partial charge in [-0.15, -0.1) is 0 Å². The van der Waals surface area contributed by atoms with Crippen molar-refractivity contribution < 1.29 is 19.3 Å². The van der Waals surface area contributed by atoms with Crippen molar-refractivity contribution >= 4 is 5.69 Å². The minimum atomic E-state index is -0.668. The highest BCUT2D eigenvalue weighted by atomic mass is 16.5. The number of anilines is 1. The Bertz CT molecular complexity index is 430. The Labute approximate surface area is 126 Å². The van der Waals surface area contributed by atoms with Gasteiger partial charge in [0.05, 0.1) is 30.6 Å². The molecule has 1 saturated heterocycles. The third kappa shape index (κ3) is 5.19. The van der Waals surface area contributed by atoms with Crippen molar-refractivity contribution in [1.29, 1.82) is 0 Å². The second kappa shape index (κ2) is 7.64. The zero-order valence-electron chi connectivity index (χ0n) is 12.7. The maximum absolute atomic E-state index is 9.94. The van der Waals surface area contributed by atoms with Gasteiger partial charge in [0.2, 0.25) is 0 Å². The lowest BCUT2D eigenvalue weighted by Crippen LogP contribution is -2.36. The molecule has 0 amide bonds. The quantitative estimate of drug-likeness (QED) is 0.785. The van der Waals surface area contributed by atoms with Crippen molar-refractivity contribution in [3.63, 3.8) is 0 Å². The molecule has 1 aromatic rings. The number of para-hydroxylation sites is 2. The van der Waals surface area contributed by atoms with E-state index in [9.17, 15) is 5.11 Å². The molecule has 3 N–H and O–H groups in total. The Hall–Kier alpha value is -1.30. The number of ether oxygens (including phenoxy) is 3. The third-order valence-corrected chi connectivity index (χ3v) is 3.53. The van der Waals surface area contributed by atoms with Gasteiger partial charge in [-0.2, -0.15) is 0 Å². The van der Waals surface area contributed by atoms with E-state index in [0.29, 0.717) is 11.4 Å². The van der Waals surface area contributed by atoms with Crippen LogP contribution in [0.1, 0.15) is 26.7 Å². The molecule has 1 aliphatic heterocycles. The second-order valence-corrected chi connectivity index (χ2v) is 5.69. The van der Waals surface area contributed by atoms with Crippen LogP contribution in [0.15, 0.2) is 24.3 Å². The molecule has 0 aromatic heterocycles. The van der Waals surface area contributed by atoms with Crippen LogP contribution in [0.2, 0.25) is 0 Å². The fraction of sp³-hybridized carbons (Fsp3) is 0.625. The van der Waals surface area contributed by atoms with Gasteiger partial charge in [0.1, 0.15) is 18.5 Å². The van der Waals surface area contributed by atoms with Crippen LogP contribution in [0.3, 0.4) is 0 Å². The molecule has 1 heterocycles. The van der Waals surface area contributed by atoms with Gasteiger partial charge in [-0.25, -0.2) is 0 Å². The highest BCUT2D eigenvalue weighted by Crippen LogP contribution is 2.22. The maximum Gasteiger partial charge on any atom is 0.142 e. The summed E-state index contributed by atoms with van der Waals surface area (Å²) < 4.78 is 16.9. The number of aliphatic hydroxyl groups excluding tert-OH is 1. The van der Waals surface area contributed by atoms with E-state index in [2.05, 4.69) is 0 Å². The van der Waals surface area contributed by atoms with E-state index in [1.165, 1.54) is 0 Å². The molecule has 21 heavy (non-hydrogen) atoms. The summed E-state index contributed by atoms with van der Waals surface area (Å²) in [4.78, 5) is 0. The zero-order chi connectivity index (χ0) is 15.2. The molecule has 5 nitrogen and oxygen atoms in total. The molecule has 0 spiro atoms. The monoisotopic (exact) mass is 295 g/mol. The van der Waals surface area contributed by atoms with Crippen LogP contribution >= 0.6 is 0 Å². The van der Waals surface area contributed by atoms with Crippen molar-refractivity contribution in [1.82, 2.24) is 0 Å². The summed E-state index contributed by atoms with van der Waals surface area (Å²) in [5, 5.41) is 9.94. The van der Waals surface area contributed by atoms with E-state index in [0.717, 1.165) is 12.8 Å². The van der Waals surface area contributed by atoms with Crippen LogP contribution in [0.4, 0.5) is 5.69 Å². The van der Waals surface area contributed by atoms with E-state index in [1.807, 2.05) is 26.0 Å². The van der Waals surface area contributed by atoms with Gasteiger partial charge < -0.3 is 25.1 Å². The molecule has 1 aromatic carbocycles. The van der Waals surface area contributed by atoms with E-state index in [1.54, 1.807) is 12.1 Å². The van der Waals surface area contributed by atoms with Gasteiger partial charge in [-0.1, -0.05) is 12.1 Å². The van der Waals surface area contributed by atoms with E-state index in [-0.39, 0.29) is 31.5 Å². The Kier molecular flexibility index (Phi) is 5.85. The average Bonchev–Trinajstić information content (AvgIpc) is 2.43. The predicted octanol–water partition coefficient (Wildman–Crippen LogP) is 1.98. The van der Waals surface area contributed by atoms with E-state index < -0.39 is 6.10 Å². The number of rotatable bonds is 6. The van der Waals surface area contributed by atoms with Crippen molar-refractivity contribution in [3.8, 4) is 5.75 Å². The molecule has 0 bridgehead atoms. The topological polar surface area (TPSA) is 73.9 Å². The largest absolute Gasteiger partial charge is 0.489 e. The summed E-state index contributed by atoms with van der Waals surface area (Å²) in [5.74, 6) is 0.588. The Morgan fingerprint density at radius 3 is 2.57 bits per heavy atom. The lowest BCUT2D eigenvalue weighted by atomic mass is 10.0. The van der Waals surface area contributed by atoms with E-state index in [4.69, 9.17) is 19.9 Å². The van der Waals surface area contributed by atoms with Crippen molar-refractivity contribution in [2.75, 3.05) is 18.9 Å². The van der Waals surface area contributed by atoms with Gasteiger partial charge in [0.15, 0.2) is 0 Å². The summed E-state index contributed by atoms with van der Waals surface area (Å²) >= 11 is 0. The number of hydrogen-bond donors (Lipinski definition) is 2. The molecule has 2 rings (SSSR count). The lowest BCUT2D eigenvalue weighted by Gasteiger charge is -2.32. The predicted molar refractivity (Wildman–Crippen MR) is 81.3 cm³/mol. The smallest absolute Gasteiger partial charge is 0.142 e. The minimum Gasteiger partial charge on any atom is -0.489 e. The van der Waals surface area contributed by atoms with Crippen LogP contribution in [0.25, 0.3) is 0 Å². The lowest BCUT2D eigenvalue weighted by molar-refractivity contribution is -0.115. The molecule has 118 valence electrons. The van der Waals surface area contributed by atoms with Crippen LogP contribution < -0.4 is 10.5 Å². The zero-order valence-corrected chi connectivity index (χ0v) is 12.7. The average molecular weight is 295 g/mol. The van der Waals surface area contributed by atoms with Gasteiger partial charge >= 0.3 is 0 Å². The fourth-order valence-electron chi connectivity index (χ4n) is 2.57. The number of aliphatic hydroxyl groups is 1. The summed E-state index contributed by atoms with van der Waals surface area (Å²) in [7, 11) is 0. The highest BCUT2D eigenvalue weighted by molar-refractivity contribution is 5.51. The number of nitrogen functional groups attached to an aromatic ring is 1. The van der Waals surface area contributed by atoms with Crippen LogP contribution in [0, 0.1) is 0 Å². The number of benzene rings is 1. The van der Waals surface area contributed by atoms with Crippen molar-refractivity contribution in [3.05, 3.63) is 24.3 Å². The first kappa shape index (κ1) is 16.1. The van der Waals surface area contributed by atoms with Crippen LogP contribution in [-0.4, -0.2) is 42.7 Å². The first-order chi connectivity index (χ1) is 10.0. The molecule has 3 unspecified atom stereocenters. The standard InChI is InChI=1S/C16H25NO4/c1-11-7-14(8-12(2)21-11)19-9-13(18)10-20-16-6-4-3-5-15(16)17/h3-6,11-14,18H,7-10,17H2,1-2H3. The SMILES string of the molecule is CC1CC(OCC(O)COc2ccccc2N)CC(C)O1. The third-order valence-electron chi connectivity index (χ3n) is 3.53. The van der Waals surface area contributed by atoms with Gasteiger partial charge in [-0.05, 0) is 38.8 Å². The number of hydrogen-bond acceptors (Lipinski definition) is 5. The van der Waals surface area contributed by atoms with Crippen LogP contribution in [0.5, 0.6) is 5.75 Å². The van der Waals surface area contributed by atoms with Crippen molar-refractivity contribution in [2.24, 2.45) is 0 Å². The second-order valence-electron chi connectivity index (χ2n) is 5.69. The molecule has 0 saturated carbocycles. The number of nitrogens with two attached hydrogens (primary N) is 1. The normalized spacial score (nSPS) is 27.3. The Balaban J connectivity index is 1.70. The highest BCUT2D eigenvalue weighted by Gasteiger charge is 2.25. The maximum atomic E-state index is 9.94. The van der Waals surface area contributed by atoms with Gasteiger partial charge in [0.25, 0.3) is 0 Å². The van der Waals surface area contributed by atoms with Gasteiger partial charge in [0, 0.05) is 0 Å². The Morgan fingerprint density at radius 2 is 1.90 bits per heavy atom. The molecular weight excluding hydrogens is 270 g/mol. The molecule has 1 aliphatic rings. The molecule has 0 aliphatic carbocycles. The van der Waals surface area contributed by atoms with Crippen LogP contribution in [-0.2, 0) is 9.47 Å². The fourth-order valence-corrected chi connectivity index (χ4v) is 2.57. The Morgan fingerprint density at radius 1 is 1.24 bits per heavy atom. The first-order valence-electron chi connectivity index (χ1n) is 7.47. The molecular formula is C16H25NO4. The summed E-state index contributed by atoms with van der Waals surface area (Å²) in [5.41, 5.74) is 6.34. The van der Waals surface area contributed by atoms with Crippen molar-refractivity contribution in [2.45, 2.75) is 51.1 Å². The molecule has 0 radical (unpaired) electrons. The minimum absolute atomic E-state index is 0.139.